The third kappa shape index (κ3) is 2.83. The lowest BCUT2D eigenvalue weighted by Crippen LogP contribution is -2.17. The van der Waals surface area contributed by atoms with E-state index in [2.05, 4.69) is 15.3 Å². The van der Waals surface area contributed by atoms with E-state index in [0.717, 1.165) is 5.56 Å². The van der Waals surface area contributed by atoms with Crippen molar-refractivity contribution in [3.05, 3.63) is 52.6 Å². The standard InChI is InChI=1S/C14H12ClN3O2/c1-8-4-3-5-11(12(8)9(2)19)18-14(20)13-10(15)6-16-7-17-13/h3-7H,1-2H3,(H,18,20). The van der Waals surface area contributed by atoms with E-state index in [4.69, 9.17) is 11.6 Å². The Morgan fingerprint density at radius 3 is 2.70 bits per heavy atom. The van der Waals surface area contributed by atoms with Gasteiger partial charge in [-0.25, -0.2) is 9.97 Å². The molecule has 102 valence electrons. The molecule has 6 heteroatoms. The van der Waals surface area contributed by atoms with E-state index in [1.165, 1.54) is 19.4 Å². The molecule has 0 unspecified atom stereocenters. The van der Waals surface area contributed by atoms with Gasteiger partial charge in [-0.2, -0.15) is 0 Å². The first-order valence-corrected chi connectivity index (χ1v) is 6.26. The van der Waals surface area contributed by atoms with Gasteiger partial charge in [0.05, 0.1) is 10.7 Å². The van der Waals surface area contributed by atoms with Crippen LogP contribution in [-0.2, 0) is 0 Å². The molecule has 0 bridgehead atoms. The predicted octanol–water partition coefficient (Wildman–Crippen LogP) is 2.89. The minimum atomic E-state index is -0.481. The van der Waals surface area contributed by atoms with E-state index in [-0.39, 0.29) is 16.5 Å². The fraction of sp³-hybridized carbons (Fsp3) is 0.143. The highest BCUT2D eigenvalue weighted by molar-refractivity contribution is 6.34. The van der Waals surface area contributed by atoms with E-state index < -0.39 is 5.91 Å². The predicted molar refractivity (Wildman–Crippen MR) is 76.2 cm³/mol. The molecule has 0 spiro atoms. The number of hydrogen-bond donors (Lipinski definition) is 1. The number of halogens is 1. The Bertz CT molecular complexity index is 686. The molecule has 0 saturated carbocycles. The monoisotopic (exact) mass is 289 g/mol. The number of rotatable bonds is 3. The van der Waals surface area contributed by atoms with Crippen molar-refractivity contribution in [1.82, 2.24) is 9.97 Å². The number of hydrogen-bond acceptors (Lipinski definition) is 4. The van der Waals surface area contributed by atoms with Crippen LogP contribution in [0.1, 0.15) is 33.3 Å². The Labute approximate surface area is 121 Å². The van der Waals surface area contributed by atoms with Gasteiger partial charge < -0.3 is 5.32 Å². The van der Waals surface area contributed by atoms with Gasteiger partial charge in [-0.1, -0.05) is 23.7 Å². The fourth-order valence-electron chi connectivity index (χ4n) is 1.90. The maximum absolute atomic E-state index is 12.1. The van der Waals surface area contributed by atoms with E-state index in [1.54, 1.807) is 12.1 Å². The van der Waals surface area contributed by atoms with Gasteiger partial charge in [-0.05, 0) is 25.5 Å². The molecule has 0 aliphatic rings. The number of carbonyl (C=O) groups excluding carboxylic acids is 2. The first kappa shape index (κ1) is 14.1. The number of ketones is 1. The molecule has 1 aromatic heterocycles. The van der Waals surface area contributed by atoms with Crippen molar-refractivity contribution in [2.24, 2.45) is 0 Å². The van der Waals surface area contributed by atoms with Crippen LogP contribution in [0.15, 0.2) is 30.7 Å². The third-order valence-electron chi connectivity index (χ3n) is 2.76. The van der Waals surface area contributed by atoms with Crippen LogP contribution in [0.25, 0.3) is 0 Å². The Balaban J connectivity index is 2.36. The van der Waals surface area contributed by atoms with Crippen LogP contribution in [0.3, 0.4) is 0 Å². The zero-order chi connectivity index (χ0) is 14.7. The average Bonchev–Trinajstić information content (AvgIpc) is 2.38. The summed E-state index contributed by atoms with van der Waals surface area (Å²) >= 11 is 5.87. The molecule has 0 atom stereocenters. The molecule has 5 nitrogen and oxygen atoms in total. The molecule has 0 aliphatic carbocycles. The number of carbonyl (C=O) groups is 2. The van der Waals surface area contributed by atoms with E-state index in [0.29, 0.717) is 11.3 Å². The lowest BCUT2D eigenvalue weighted by Gasteiger charge is -2.11. The molecule has 20 heavy (non-hydrogen) atoms. The number of nitrogens with zero attached hydrogens (tertiary/aromatic N) is 2. The molecule has 0 fully saturated rings. The van der Waals surface area contributed by atoms with E-state index in [9.17, 15) is 9.59 Å². The molecule has 1 heterocycles. The summed E-state index contributed by atoms with van der Waals surface area (Å²) in [6.07, 6.45) is 2.58. The molecule has 0 saturated heterocycles. The zero-order valence-corrected chi connectivity index (χ0v) is 11.7. The highest BCUT2D eigenvalue weighted by Crippen LogP contribution is 2.21. The van der Waals surface area contributed by atoms with Gasteiger partial charge in [0.25, 0.3) is 5.91 Å². The number of Topliss-reactive ketones (excluding diaryl/α,β-unsaturated/α-hetero) is 1. The molecular formula is C14H12ClN3O2. The summed E-state index contributed by atoms with van der Waals surface area (Å²) in [4.78, 5) is 31.3. The van der Waals surface area contributed by atoms with Crippen molar-refractivity contribution in [3.63, 3.8) is 0 Å². The van der Waals surface area contributed by atoms with Crippen LogP contribution < -0.4 is 5.32 Å². The fourth-order valence-corrected chi connectivity index (χ4v) is 2.09. The van der Waals surface area contributed by atoms with Gasteiger partial charge >= 0.3 is 0 Å². The largest absolute Gasteiger partial charge is 0.320 e. The first-order chi connectivity index (χ1) is 9.50. The van der Waals surface area contributed by atoms with Crippen molar-refractivity contribution in [1.29, 1.82) is 0 Å². The van der Waals surface area contributed by atoms with Gasteiger partial charge in [0, 0.05) is 11.8 Å². The highest BCUT2D eigenvalue weighted by Gasteiger charge is 2.16. The molecule has 1 N–H and O–H groups in total. The lowest BCUT2D eigenvalue weighted by molar-refractivity contribution is 0.101. The van der Waals surface area contributed by atoms with Crippen LogP contribution in [0.5, 0.6) is 0 Å². The normalized spacial score (nSPS) is 10.2. The van der Waals surface area contributed by atoms with Crippen LogP contribution in [0.2, 0.25) is 5.02 Å². The summed E-state index contributed by atoms with van der Waals surface area (Å²) < 4.78 is 0. The Kier molecular flexibility index (Phi) is 4.10. The quantitative estimate of drug-likeness (QED) is 0.882. The van der Waals surface area contributed by atoms with Crippen molar-refractivity contribution in [2.45, 2.75) is 13.8 Å². The number of anilines is 1. The number of amides is 1. The lowest BCUT2D eigenvalue weighted by atomic mass is 10.0. The van der Waals surface area contributed by atoms with Crippen molar-refractivity contribution in [2.75, 3.05) is 5.32 Å². The van der Waals surface area contributed by atoms with Gasteiger partial charge in [-0.3, -0.25) is 9.59 Å². The number of nitrogens with one attached hydrogen (secondary N) is 1. The Hall–Kier alpha value is -2.27. The molecular weight excluding hydrogens is 278 g/mol. The summed E-state index contributed by atoms with van der Waals surface area (Å²) in [7, 11) is 0. The van der Waals surface area contributed by atoms with Crippen LogP contribution in [0.4, 0.5) is 5.69 Å². The third-order valence-corrected chi connectivity index (χ3v) is 3.03. The van der Waals surface area contributed by atoms with Crippen LogP contribution in [0, 0.1) is 6.92 Å². The number of aromatic nitrogens is 2. The van der Waals surface area contributed by atoms with Crippen molar-refractivity contribution in [3.8, 4) is 0 Å². The number of benzene rings is 1. The second kappa shape index (κ2) is 5.79. The molecule has 1 aromatic carbocycles. The van der Waals surface area contributed by atoms with E-state index in [1.807, 2.05) is 13.0 Å². The van der Waals surface area contributed by atoms with Crippen LogP contribution in [-0.4, -0.2) is 21.7 Å². The summed E-state index contributed by atoms with van der Waals surface area (Å²) in [5.41, 5.74) is 1.78. The molecule has 2 rings (SSSR count). The van der Waals surface area contributed by atoms with Gasteiger partial charge in [-0.15, -0.1) is 0 Å². The average molecular weight is 290 g/mol. The minimum absolute atomic E-state index is 0.0673. The molecule has 0 radical (unpaired) electrons. The smallest absolute Gasteiger partial charge is 0.275 e. The molecule has 2 aromatic rings. The zero-order valence-electron chi connectivity index (χ0n) is 11.0. The van der Waals surface area contributed by atoms with Gasteiger partial charge in [0.1, 0.15) is 12.0 Å². The SMILES string of the molecule is CC(=O)c1c(C)cccc1NC(=O)c1ncncc1Cl. The first-order valence-electron chi connectivity index (χ1n) is 5.88. The highest BCUT2D eigenvalue weighted by atomic mass is 35.5. The maximum Gasteiger partial charge on any atom is 0.275 e. The summed E-state index contributed by atoms with van der Waals surface area (Å²) in [6.45, 7) is 3.26. The minimum Gasteiger partial charge on any atom is -0.320 e. The van der Waals surface area contributed by atoms with Gasteiger partial charge in [0.15, 0.2) is 5.78 Å². The Morgan fingerprint density at radius 1 is 1.30 bits per heavy atom. The van der Waals surface area contributed by atoms with Crippen molar-refractivity contribution < 1.29 is 9.59 Å². The second-order valence-electron chi connectivity index (χ2n) is 4.23. The topological polar surface area (TPSA) is 72.0 Å². The Morgan fingerprint density at radius 2 is 2.05 bits per heavy atom. The number of aryl methyl sites for hydroxylation is 1. The molecule has 1 amide bonds. The second-order valence-corrected chi connectivity index (χ2v) is 4.63. The molecule has 0 aliphatic heterocycles. The van der Waals surface area contributed by atoms with Crippen LogP contribution >= 0.6 is 11.6 Å². The summed E-state index contributed by atoms with van der Waals surface area (Å²) in [6, 6.07) is 5.24. The van der Waals surface area contributed by atoms with Gasteiger partial charge in [0.2, 0.25) is 0 Å². The van der Waals surface area contributed by atoms with E-state index >= 15 is 0 Å². The summed E-state index contributed by atoms with van der Waals surface area (Å²) in [5, 5.41) is 2.81. The summed E-state index contributed by atoms with van der Waals surface area (Å²) in [5.74, 6) is -0.599. The van der Waals surface area contributed by atoms with Crippen molar-refractivity contribution >= 4 is 29.0 Å². The maximum atomic E-state index is 12.1.